The van der Waals surface area contributed by atoms with Crippen molar-refractivity contribution >= 4 is 52.4 Å². The summed E-state index contributed by atoms with van der Waals surface area (Å²) >= 11 is 6.12. The Hall–Kier alpha value is -6.25. The van der Waals surface area contributed by atoms with Gasteiger partial charge in [0.1, 0.15) is 24.2 Å². The summed E-state index contributed by atoms with van der Waals surface area (Å²) < 4.78 is 17.8. The number of benzene rings is 4. The van der Waals surface area contributed by atoms with Crippen molar-refractivity contribution in [2.24, 2.45) is 11.7 Å². The molecule has 0 spiro atoms. The molecule has 0 aliphatic carbocycles. The maximum absolute atomic E-state index is 14.8. The average Bonchev–Trinajstić information content (AvgIpc) is 3.94. The average molecular weight is 862 g/mol. The van der Waals surface area contributed by atoms with E-state index in [0.29, 0.717) is 48.5 Å². The fourth-order valence-corrected chi connectivity index (χ4v) is 8.18. The molecule has 7 rings (SSSR count). The number of aryl methyl sites for hydroxylation is 1. The number of rotatable bonds is 17. The SMILES string of the molecule is N=C(N)N1CCC(CCC(NC(=O)C2C[C@@H](OCc3ccc(Cl)cc3)CN2C(=O)C(CCc2ccccc2)NC(=O)OCc2ccccc2)C(=O)c2nc3ccccc3o2)CC1. The molecule has 3 amide bonds. The van der Waals surface area contributed by atoms with Gasteiger partial charge in [-0.3, -0.25) is 19.8 Å². The Morgan fingerprint density at radius 1 is 0.823 bits per heavy atom. The highest BCUT2D eigenvalue weighted by Crippen LogP contribution is 2.27. The minimum atomic E-state index is -1.05. The second kappa shape index (κ2) is 21.0. The van der Waals surface area contributed by atoms with Crippen LogP contribution in [0.25, 0.3) is 11.1 Å². The number of amides is 3. The number of likely N-dealkylation sites (tertiary alicyclic amines) is 2. The molecular formula is C47H52ClN7O7. The van der Waals surface area contributed by atoms with Crippen molar-refractivity contribution in [3.05, 3.63) is 137 Å². The third-order valence-electron chi connectivity index (χ3n) is 11.6. The molecule has 2 aliphatic rings. The number of guanidine groups is 1. The molecule has 0 bridgehead atoms. The maximum Gasteiger partial charge on any atom is 0.408 e. The first-order chi connectivity index (χ1) is 30.1. The lowest BCUT2D eigenvalue weighted by atomic mass is 9.89. The van der Waals surface area contributed by atoms with E-state index in [1.54, 1.807) is 36.4 Å². The zero-order valence-electron chi connectivity index (χ0n) is 34.4. The summed E-state index contributed by atoms with van der Waals surface area (Å²) in [5.74, 6) is -1.35. The van der Waals surface area contributed by atoms with E-state index in [9.17, 15) is 19.2 Å². The number of oxazole rings is 1. The molecule has 62 heavy (non-hydrogen) atoms. The third-order valence-corrected chi connectivity index (χ3v) is 11.8. The number of nitrogens with two attached hydrogens (primary N) is 1. The first-order valence-electron chi connectivity index (χ1n) is 21.1. The zero-order chi connectivity index (χ0) is 43.4. The number of Topliss-reactive ketones (excluding diaryl/α,β-unsaturated/α-hetero) is 1. The highest BCUT2D eigenvalue weighted by Gasteiger charge is 2.44. The van der Waals surface area contributed by atoms with E-state index in [0.717, 1.165) is 29.5 Å². The molecule has 14 nitrogen and oxygen atoms in total. The second-order valence-corrected chi connectivity index (χ2v) is 16.3. The third kappa shape index (κ3) is 11.8. The normalized spacial score (nSPS) is 17.6. The molecule has 1 aromatic heterocycles. The Labute approximate surface area is 365 Å². The van der Waals surface area contributed by atoms with Crippen molar-refractivity contribution in [1.82, 2.24) is 25.4 Å². The monoisotopic (exact) mass is 861 g/mol. The van der Waals surface area contributed by atoms with Crippen LogP contribution in [0.4, 0.5) is 4.79 Å². The first-order valence-corrected chi connectivity index (χ1v) is 21.4. The Morgan fingerprint density at radius 3 is 2.18 bits per heavy atom. The van der Waals surface area contributed by atoms with E-state index in [-0.39, 0.29) is 50.4 Å². The minimum Gasteiger partial charge on any atom is -0.445 e. The number of ketones is 1. The number of carbonyl (C=O) groups is 4. The van der Waals surface area contributed by atoms with Gasteiger partial charge in [-0.1, -0.05) is 96.5 Å². The lowest BCUT2D eigenvalue weighted by Gasteiger charge is -2.33. The van der Waals surface area contributed by atoms with Crippen LogP contribution < -0.4 is 16.4 Å². The molecule has 0 saturated carbocycles. The number of para-hydroxylation sites is 2. The van der Waals surface area contributed by atoms with E-state index in [1.165, 1.54) is 4.90 Å². The number of aromatic nitrogens is 1. The molecule has 0 radical (unpaired) electrons. The van der Waals surface area contributed by atoms with Gasteiger partial charge in [0.05, 0.1) is 18.8 Å². The Bertz CT molecular complexity index is 2270. The second-order valence-electron chi connectivity index (χ2n) is 15.9. The van der Waals surface area contributed by atoms with Crippen LogP contribution in [-0.4, -0.2) is 88.3 Å². The fourth-order valence-electron chi connectivity index (χ4n) is 8.05. The smallest absolute Gasteiger partial charge is 0.408 e. The number of nitrogens with one attached hydrogen (secondary N) is 3. The van der Waals surface area contributed by atoms with Crippen LogP contribution in [-0.2, 0) is 38.7 Å². The predicted molar refractivity (Wildman–Crippen MR) is 234 cm³/mol. The van der Waals surface area contributed by atoms with Gasteiger partial charge in [-0.15, -0.1) is 0 Å². The van der Waals surface area contributed by atoms with Gasteiger partial charge in [-0.25, -0.2) is 9.78 Å². The van der Waals surface area contributed by atoms with Crippen molar-refractivity contribution in [3.8, 4) is 0 Å². The number of carbonyl (C=O) groups excluding carboxylic acids is 4. The van der Waals surface area contributed by atoms with E-state index >= 15 is 0 Å². The molecule has 2 saturated heterocycles. The number of fused-ring (bicyclic) bond motifs is 1. The van der Waals surface area contributed by atoms with Gasteiger partial charge in [0.2, 0.25) is 17.6 Å². The van der Waals surface area contributed by atoms with E-state index in [1.807, 2.05) is 77.7 Å². The number of piperidine rings is 1. The molecule has 15 heteroatoms. The van der Waals surface area contributed by atoms with Crippen molar-refractivity contribution in [1.29, 1.82) is 5.41 Å². The molecule has 2 aliphatic heterocycles. The van der Waals surface area contributed by atoms with Crippen LogP contribution in [0.3, 0.4) is 0 Å². The number of hydrogen-bond acceptors (Lipinski definition) is 9. The van der Waals surface area contributed by atoms with Crippen molar-refractivity contribution in [2.75, 3.05) is 19.6 Å². The van der Waals surface area contributed by atoms with Gasteiger partial charge in [-0.05, 0) is 85.4 Å². The highest BCUT2D eigenvalue weighted by atomic mass is 35.5. The number of hydrogen-bond donors (Lipinski definition) is 4. The van der Waals surface area contributed by atoms with Gasteiger partial charge >= 0.3 is 6.09 Å². The predicted octanol–water partition coefficient (Wildman–Crippen LogP) is 6.65. The zero-order valence-corrected chi connectivity index (χ0v) is 35.2. The van der Waals surface area contributed by atoms with Gasteiger partial charge in [0.25, 0.3) is 5.89 Å². The van der Waals surface area contributed by atoms with Gasteiger partial charge < -0.3 is 40.1 Å². The summed E-state index contributed by atoms with van der Waals surface area (Å²) in [6.07, 6.45) is 1.97. The molecule has 5 N–H and O–H groups in total. The Balaban J connectivity index is 1.12. The van der Waals surface area contributed by atoms with Crippen LogP contribution in [0.2, 0.25) is 5.02 Å². The molecule has 324 valence electrons. The number of alkyl carbamates (subject to hydrolysis) is 1. The number of ether oxygens (including phenoxy) is 2. The van der Waals surface area contributed by atoms with Crippen LogP contribution >= 0.6 is 11.6 Å². The van der Waals surface area contributed by atoms with Crippen LogP contribution in [0.15, 0.2) is 114 Å². The summed E-state index contributed by atoms with van der Waals surface area (Å²) in [6.45, 7) is 1.54. The molecule has 4 aromatic carbocycles. The number of halogens is 1. The maximum atomic E-state index is 14.8. The molecular weight excluding hydrogens is 810 g/mol. The summed E-state index contributed by atoms with van der Waals surface area (Å²) in [5.41, 5.74) is 9.32. The molecule has 3 heterocycles. The molecule has 2 fully saturated rings. The summed E-state index contributed by atoms with van der Waals surface area (Å²) in [7, 11) is 0. The summed E-state index contributed by atoms with van der Waals surface area (Å²) in [4.78, 5) is 64.7. The quantitative estimate of drug-likeness (QED) is 0.0447. The largest absolute Gasteiger partial charge is 0.445 e. The topological polar surface area (TPSA) is 193 Å². The van der Waals surface area contributed by atoms with Crippen LogP contribution in [0.1, 0.15) is 65.9 Å². The Morgan fingerprint density at radius 2 is 1.48 bits per heavy atom. The van der Waals surface area contributed by atoms with Gasteiger partial charge in [0.15, 0.2) is 11.5 Å². The van der Waals surface area contributed by atoms with E-state index in [4.69, 9.17) is 36.6 Å². The minimum absolute atomic E-state index is 0.00692. The first kappa shape index (κ1) is 43.8. The number of nitrogens with zero attached hydrogens (tertiary/aromatic N) is 3. The van der Waals surface area contributed by atoms with Gasteiger partial charge in [-0.2, -0.15) is 0 Å². The fraction of sp³-hybridized carbons (Fsp3) is 0.362. The van der Waals surface area contributed by atoms with Crippen LogP contribution in [0.5, 0.6) is 0 Å². The van der Waals surface area contributed by atoms with Crippen LogP contribution in [0, 0.1) is 11.3 Å². The lowest BCUT2D eigenvalue weighted by molar-refractivity contribution is -0.140. The van der Waals surface area contributed by atoms with Gasteiger partial charge in [0, 0.05) is 31.1 Å². The van der Waals surface area contributed by atoms with E-state index < -0.39 is 47.9 Å². The van der Waals surface area contributed by atoms with Crippen molar-refractivity contribution in [2.45, 2.75) is 82.4 Å². The van der Waals surface area contributed by atoms with E-state index in [2.05, 4.69) is 15.6 Å². The summed E-state index contributed by atoms with van der Waals surface area (Å²) in [6, 6.07) is 30.0. The van der Waals surface area contributed by atoms with Crippen molar-refractivity contribution < 1.29 is 33.1 Å². The summed E-state index contributed by atoms with van der Waals surface area (Å²) in [5, 5.41) is 14.2. The standard InChI is InChI=1S/C47H52ClN7O7/c48-35-19-15-34(16-20-35)29-60-36-27-40(55(28-36)45(58)39(22-18-31-9-3-1-4-10-31)53-47(59)61-30-33-11-5-2-6-12-33)43(57)51-38(21-17-32-23-25-54(26-24-32)46(49)50)42(56)44-52-37-13-7-8-14-41(37)62-44/h1-16,19-20,32,36,38-40H,17-18,21-30H2,(H3,49,50)(H,51,57)(H,53,59)/t36-,38?,39?,40?/m1/s1. The van der Waals surface area contributed by atoms with Crippen molar-refractivity contribution in [3.63, 3.8) is 0 Å². The lowest BCUT2D eigenvalue weighted by Crippen LogP contribution is -2.55. The molecule has 3 unspecified atom stereocenters. The molecule has 4 atom stereocenters. The molecule has 5 aromatic rings. The highest BCUT2D eigenvalue weighted by molar-refractivity contribution is 6.30. The Kier molecular flexibility index (Phi) is 14.9.